The maximum Gasteiger partial charge on any atom is 0.244 e. The highest BCUT2D eigenvalue weighted by Crippen LogP contribution is 2.30. The Morgan fingerprint density at radius 2 is 2.00 bits per heavy atom. The second-order valence-corrected chi connectivity index (χ2v) is 5.76. The molecule has 0 unspecified atom stereocenters. The summed E-state index contributed by atoms with van der Waals surface area (Å²) in [7, 11) is 2.09. The average molecular weight is 307 g/mol. The Morgan fingerprint density at radius 3 is 2.70 bits per heavy atom. The maximum absolute atomic E-state index is 5.45. The van der Waals surface area contributed by atoms with Crippen molar-refractivity contribution in [2.45, 2.75) is 18.9 Å². The monoisotopic (exact) mass is 307 g/mol. The molecule has 0 bridgehead atoms. The van der Waals surface area contributed by atoms with E-state index in [0.717, 1.165) is 29.8 Å². The Hall–Kier alpha value is -2.60. The van der Waals surface area contributed by atoms with Crippen LogP contribution in [0.15, 0.2) is 47.4 Å². The molecule has 0 spiro atoms. The highest BCUT2D eigenvalue weighted by atomic mass is 16.5. The molecule has 6 heteroatoms. The number of aromatic nitrogens is 4. The van der Waals surface area contributed by atoms with Crippen molar-refractivity contribution in [2.75, 3.05) is 13.6 Å². The summed E-state index contributed by atoms with van der Waals surface area (Å²) in [6.45, 7) is 1.07. The van der Waals surface area contributed by atoms with Crippen LogP contribution in [0, 0.1) is 0 Å². The van der Waals surface area contributed by atoms with Crippen LogP contribution in [0.25, 0.3) is 22.6 Å². The van der Waals surface area contributed by atoms with E-state index in [4.69, 9.17) is 4.52 Å². The van der Waals surface area contributed by atoms with Crippen LogP contribution in [-0.4, -0.2) is 38.6 Å². The first-order chi connectivity index (χ1) is 11.3. The van der Waals surface area contributed by atoms with E-state index in [1.165, 1.54) is 6.42 Å². The highest BCUT2D eigenvalue weighted by Gasteiger charge is 2.27. The molecule has 1 fully saturated rings. The van der Waals surface area contributed by atoms with Gasteiger partial charge in [-0.2, -0.15) is 4.98 Å². The third-order valence-electron chi connectivity index (χ3n) is 4.25. The number of rotatable bonds is 3. The van der Waals surface area contributed by atoms with Crippen LogP contribution in [0.1, 0.15) is 24.8 Å². The minimum atomic E-state index is 0.236. The van der Waals surface area contributed by atoms with Crippen molar-refractivity contribution < 1.29 is 4.52 Å². The standard InChI is InChI=1S/C17H17N5O/c1-22-10-2-3-15(22)17-20-16(21-23-17)13-4-5-14(19-11-13)12-6-8-18-9-7-12/h4-9,11,15H,2-3,10H2,1H3/t15-/m0/s1. The van der Waals surface area contributed by atoms with Gasteiger partial charge >= 0.3 is 0 Å². The second kappa shape index (κ2) is 5.89. The number of likely N-dealkylation sites (tertiary alicyclic amines) is 1. The summed E-state index contributed by atoms with van der Waals surface area (Å²) in [5.74, 6) is 1.28. The molecule has 116 valence electrons. The molecular weight excluding hydrogens is 290 g/mol. The molecular formula is C17H17N5O. The summed E-state index contributed by atoms with van der Waals surface area (Å²) in [6, 6.07) is 8.03. The maximum atomic E-state index is 5.45. The van der Waals surface area contributed by atoms with Gasteiger partial charge in [-0.15, -0.1) is 0 Å². The van der Waals surface area contributed by atoms with Gasteiger partial charge in [0.1, 0.15) is 0 Å². The van der Waals surface area contributed by atoms with Gasteiger partial charge in [-0.1, -0.05) is 5.16 Å². The van der Waals surface area contributed by atoms with Crippen molar-refractivity contribution in [1.29, 1.82) is 0 Å². The van der Waals surface area contributed by atoms with Gasteiger partial charge < -0.3 is 4.52 Å². The van der Waals surface area contributed by atoms with Gasteiger partial charge in [-0.3, -0.25) is 14.9 Å². The minimum absolute atomic E-state index is 0.236. The van der Waals surface area contributed by atoms with Gasteiger partial charge in [0.2, 0.25) is 11.7 Å². The lowest BCUT2D eigenvalue weighted by Gasteiger charge is -2.14. The normalized spacial score (nSPS) is 18.4. The quantitative estimate of drug-likeness (QED) is 0.741. The molecule has 0 aromatic carbocycles. The molecule has 0 aliphatic carbocycles. The van der Waals surface area contributed by atoms with Crippen LogP contribution >= 0.6 is 0 Å². The van der Waals surface area contributed by atoms with Gasteiger partial charge in [0.25, 0.3) is 0 Å². The Kier molecular flexibility index (Phi) is 3.59. The third kappa shape index (κ3) is 2.73. The molecule has 3 aromatic rings. The van der Waals surface area contributed by atoms with Crippen molar-refractivity contribution in [3.05, 3.63) is 48.7 Å². The van der Waals surface area contributed by atoms with Crippen LogP contribution in [-0.2, 0) is 0 Å². The van der Waals surface area contributed by atoms with Crippen LogP contribution in [0.5, 0.6) is 0 Å². The third-order valence-corrected chi connectivity index (χ3v) is 4.25. The lowest BCUT2D eigenvalue weighted by Crippen LogP contribution is -2.17. The molecule has 4 heterocycles. The predicted octanol–water partition coefficient (Wildman–Crippen LogP) is 2.96. The first-order valence-electron chi connectivity index (χ1n) is 7.72. The van der Waals surface area contributed by atoms with Gasteiger partial charge in [-0.05, 0) is 50.7 Å². The van der Waals surface area contributed by atoms with E-state index in [2.05, 4.69) is 32.1 Å². The zero-order valence-electron chi connectivity index (χ0n) is 12.9. The molecule has 23 heavy (non-hydrogen) atoms. The van der Waals surface area contributed by atoms with Crippen LogP contribution in [0.2, 0.25) is 0 Å². The molecule has 0 saturated carbocycles. The smallest absolute Gasteiger partial charge is 0.244 e. The molecule has 3 aromatic heterocycles. The van der Waals surface area contributed by atoms with Crippen molar-refractivity contribution in [1.82, 2.24) is 25.0 Å². The molecule has 6 nitrogen and oxygen atoms in total. The summed E-state index contributed by atoms with van der Waals surface area (Å²) in [5, 5.41) is 4.11. The molecule has 1 atom stereocenters. The summed E-state index contributed by atoms with van der Waals surface area (Å²) in [4.78, 5) is 15.3. The topological polar surface area (TPSA) is 67.9 Å². The van der Waals surface area contributed by atoms with E-state index in [1.807, 2.05) is 24.3 Å². The van der Waals surface area contributed by atoms with E-state index in [-0.39, 0.29) is 6.04 Å². The Balaban J connectivity index is 1.58. The average Bonchev–Trinajstić information content (AvgIpc) is 3.24. The van der Waals surface area contributed by atoms with Gasteiger partial charge in [0.15, 0.2) is 0 Å². The summed E-state index contributed by atoms with van der Waals surface area (Å²) in [6.07, 6.45) is 7.53. The minimum Gasteiger partial charge on any atom is -0.337 e. The fourth-order valence-electron chi connectivity index (χ4n) is 2.93. The number of pyridine rings is 2. The van der Waals surface area contributed by atoms with Crippen molar-refractivity contribution >= 4 is 0 Å². The summed E-state index contributed by atoms with van der Waals surface area (Å²) < 4.78 is 5.45. The van der Waals surface area contributed by atoms with Crippen LogP contribution < -0.4 is 0 Å². The van der Waals surface area contributed by atoms with E-state index >= 15 is 0 Å². The Labute approximate surface area is 134 Å². The van der Waals surface area contributed by atoms with Crippen LogP contribution in [0.4, 0.5) is 0 Å². The number of hydrogen-bond acceptors (Lipinski definition) is 6. The molecule has 1 aliphatic rings. The Morgan fingerprint density at radius 1 is 1.13 bits per heavy atom. The molecule has 0 N–H and O–H groups in total. The fraction of sp³-hybridized carbons (Fsp3) is 0.294. The molecule has 0 radical (unpaired) electrons. The van der Waals surface area contributed by atoms with Crippen molar-refractivity contribution in [3.63, 3.8) is 0 Å². The largest absolute Gasteiger partial charge is 0.337 e. The second-order valence-electron chi connectivity index (χ2n) is 5.76. The zero-order chi connectivity index (χ0) is 15.6. The summed E-state index contributed by atoms with van der Waals surface area (Å²) >= 11 is 0. The van der Waals surface area contributed by atoms with Crippen molar-refractivity contribution in [3.8, 4) is 22.6 Å². The fourth-order valence-corrected chi connectivity index (χ4v) is 2.93. The van der Waals surface area contributed by atoms with E-state index < -0.39 is 0 Å². The molecule has 4 rings (SSSR count). The van der Waals surface area contributed by atoms with E-state index in [0.29, 0.717) is 11.7 Å². The van der Waals surface area contributed by atoms with E-state index in [1.54, 1.807) is 18.6 Å². The van der Waals surface area contributed by atoms with E-state index in [9.17, 15) is 0 Å². The number of nitrogens with zero attached hydrogens (tertiary/aromatic N) is 5. The van der Waals surface area contributed by atoms with Gasteiger partial charge in [0, 0.05) is 29.7 Å². The first-order valence-corrected chi connectivity index (χ1v) is 7.72. The Bertz CT molecular complexity index is 784. The first kappa shape index (κ1) is 14.0. The lowest BCUT2D eigenvalue weighted by molar-refractivity contribution is 0.245. The molecule has 1 aliphatic heterocycles. The van der Waals surface area contributed by atoms with Gasteiger partial charge in [0.05, 0.1) is 11.7 Å². The molecule has 1 saturated heterocycles. The predicted molar refractivity (Wildman–Crippen MR) is 85.4 cm³/mol. The lowest BCUT2D eigenvalue weighted by atomic mass is 10.1. The number of hydrogen-bond donors (Lipinski definition) is 0. The SMILES string of the molecule is CN1CCC[C@H]1c1nc(-c2ccc(-c3ccncc3)nc2)no1. The van der Waals surface area contributed by atoms with Crippen molar-refractivity contribution in [2.24, 2.45) is 0 Å². The highest BCUT2D eigenvalue weighted by molar-refractivity contribution is 5.62. The molecule has 0 amide bonds. The van der Waals surface area contributed by atoms with Crippen LogP contribution in [0.3, 0.4) is 0 Å². The van der Waals surface area contributed by atoms with Gasteiger partial charge in [-0.25, -0.2) is 0 Å². The zero-order valence-corrected chi connectivity index (χ0v) is 12.9. The summed E-state index contributed by atoms with van der Waals surface area (Å²) in [5.41, 5.74) is 2.79.